The third-order valence-electron chi connectivity index (χ3n) is 2.75. The van der Waals surface area contributed by atoms with Gasteiger partial charge >= 0.3 is 0 Å². The zero-order valence-corrected chi connectivity index (χ0v) is 7.84. The lowest BCUT2D eigenvalue weighted by Crippen LogP contribution is -2.43. The summed E-state index contributed by atoms with van der Waals surface area (Å²) in [5, 5.41) is 17.4. The van der Waals surface area contributed by atoms with Crippen LogP contribution in [0.25, 0.3) is 0 Å². The summed E-state index contributed by atoms with van der Waals surface area (Å²) in [7, 11) is 0. The minimum absolute atomic E-state index is 0.164. The van der Waals surface area contributed by atoms with Crippen LogP contribution in [0, 0.1) is 10.1 Å². The average molecular weight is 201 g/mol. The first-order valence-corrected chi connectivity index (χ1v) is 4.78. The summed E-state index contributed by atoms with van der Waals surface area (Å²) in [6, 6.07) is 0.0804. The summed E-state index contributed by atoms with van der Waals surface area (Å²) in [5.41, 5.74) is 0. The minimum atomic E-state index is -0.392. The number of hydrogen-bond acceptors (Lipinski definition) is 3. The van der Waals surface area contributed by atoms with Gasteiger partial charge in [0.05, 0.1) is 6.04 Å². The average Bonchev–Trinajstić information content (AvgIpc) is 2.42. The van der Waals surface area contributed by atoms with Crippen LogP contribution in [0.1, 0.15) is 19.3 Å². The van der Waals surface area contributed by atoms with Crippen LogP contribution in [-0.4, -0.2) is 28.2 Å². The van der Waals surface area contributed by atoms with Gasteiger partial charge in [-0.2, -0.15) is 0 Å². The highest BCUT2D eigenvalue weighted by Crippen LogP contribution is 2.23. The molecule has 1 aliphatic carbocycles. The van der Waals surface area contributed by atoms with E-state index in [2.05, 4.69) is 10.6 Å². The van der Waals surface area contributed by atoms with Gasteiger partial charge in [0.25, 0.3) is 0 Å². The molecule has 3 atom stereocenters. The van der Waals surface area contributed by atoms with Gasteiger partial charge in [0, 0.05) is 23.8 Å². The van der Waals surface area contributed by atoms with E-state index >= 15 is 0 Å². The Morgan fingerprint density at radius 1 is 1.38 bits per heavy atom. The Labute approximate surface area is 81.0 Å². The number of nitro groups is 1. The van der Waals surface area contributed by atoms with Gasteiger partial charge in [-0.15, -0.1) is 0 Å². The van der Waals surface area contributed by atoms with E-state index in [9.17, 15) is 10.1 Å². The molecule has 2 N–H and O–H groups in total. The normalized spacial score (nSPS) is 37.5. The number of rotatable bonds is 1. The van der Waals surface area contributed by atoms with Crippen LogP contribution in [0.5, 0.6) is 0 Å². The third kappa shape index (κ3) is 1.58. The van der Waals surface area contributed by atoms with Crippen molar-refractivity contribution in [3.05, 3.63) is 10.1 Å². The molecular weight excluding hydrogens is 190 g/mol. The number of nitrogens with one attached hydrogen (secondary N) is 2. The SMILES string of the molecule is O=[N+]([O-])C1CCC2NC(=S)NC2C1. The molecule has 0 aromatic rings. The van der Waals surface area contributed by atoms with E-state index in [1.807, 2.05) is 0 Å². The molecule has 0 amide bonds. The zero-order valence-electron chi connectivity index (χ0n) is 7.03. The van der Waals surface area contributed by atoms with E-state index in [0.29, 0.717) is 24.0 Å². The van der Waals surface area contributed by atoms with Crippen LogP contribution < -0.4 is 10.6 Å². The van der Waals surface area contributed by atoms with Gasteiger partial charge in [-0.3, -0.25) is 10.1 Å². The molecule has 1 saturated heterocycles. The predicted octanol–water partition coefficient (Wildman–Crippen LogP) is 0.0305. The largest absolute Gasteiger partial charge is 0.358 e. The standard InChI is InChI=1S/C7H11N3O2S/c11-10(12)4-1-2-5-6(3-4)9-7(13)8-5/h4-6H,1-3H2,(H2,8,9,13). The maximum absolute atomic E-state index is 10.5. The van der Waals surface area contributed by atoms with Crippen molar-refractivity contribution in [3.8, 4) is 0 Å². The topological polar surface area (TPSA) is 67.2 Å². The van der Waals surface area contributed by atoms with Crippen molar-refractivity contribution in [1.29, 1.82) is 0 Å². The second-order valence-corrected chi connectivity index (χ2v) is 3.99. The second kappa shape index (κ2) is 3.10. The van der Waals surface area contributed by atoms with Gasteiger partial charge in [-0.05, 0) is 18.6 Å². The van der Waals surface area contributed by atoms with Gasteiger partial charge in [-0.25, -0.2) is 0 Å². The van der Waals surface area contributed by atoms with Gasteiger partial charge < -0.3 is 10.6 Å². The molecule has 0 bridgehead atoms. The highest BCUT2D eigenvalue weighted by atomic mass is 32.1. The molecule has 13 heavy (non-hydrogen) atoms. The van der Waals surface area contributed by atoms with E-state index in [4.69, 9.17) is 12.2 Å². The van der Waals surface area contributed by atoms with Gasteiger partial charge in [0.1, 0.15) is 0 Å². The third-order valence-corrected chi connectivity index (χ3v) is 2.99. The molecule has 5 nitrogen and oxygen atoms in total. The van der Waals surface area contributed by atoms with Gasteiger partial charge in [0.2, 0.25) is 6.04 Å². The van der Waals surface area contributed by atoms with Gasteiger partial charge in [-0.1, -0.05) is 0 Å². The van der Waals surface area contributed by atoms with Crippen LogP contribution in [0.15, 0.2) is 0 Å². The molecule has 2 aliphatic rings. The van der Waals surface area contributed by atoms with Crippen LogP contribution >= 0.6 is 12.2 Å². The van der Waals surface area contributed by atoms with Crippen LogP contribution in [0.3, 0.4) is 0 Å². The molecule has 72 valence electrons. The lowest BCUT2D eigenvalue weighted by atomic mass is 9.88. The summed E-state index contributed by atoms with van der Waals surface area (Å²) in [4.78, 5) is 10.4. The Hall–Kier alpha value is -0.910. The Morgan fingerprint density at radius 2 is 2.08 bits per heavy atom. The van der Waals surface area contributed by atoms with Crippen molar-refractivity contribution in [3.63, 3.8) is 0 Å². The van der Waals surface area contributed by atoms with E-state index in [-0.39, 0.29) is 11.0 Å². The second-order valence-electron chi connectivity index (χ2n) is 3.58. The zero-order chi connectivity index (χ0) is 9.42. The summed E-state index contributed by atoms with van der Waals surface area (Å²) in [5.74, 6) is 0. The molecule has 0 spiro atoms. The van der Waals surface area contributed by atoms with E-state index < -0.39 is 6.04 Å². The Bertz CT molecular complexity index is 258. The summed E-state index contributed by atoms with van der Waals surface area (Å²) < 4.78 is 0. The van der Waals surface area contributed by atoms with Crippen molar-refractivity contribution in [2.45, 2.75) is 37.4 Å². The smallest absolute Gasteiger partial charge is 0.215 e. The van der Waals surface area contributed by atoms with Crippen LogP contribution in [0.4, 0.5) is 0 Å². The molecule has 2 rings (SSSR count). The highest BCUT2D eigenvalue weighted by Gasteiger charge is 2.39. The molecule has 6 heteroatoms. The fourth-order valence-corrected chi connectivity index (χ4v) is 2.35. The quantitative estimate of drug-likeness (QED) is 0.356. The van der Waals surface area contributed by atoms with E-state index in [0.717, 1.165) is 6.42 Å². The van der Waals surface area contributed by atoms with Crippen molar-refractivity contribution in [2.75, 3.05) is 0 Å². The first-order valence-electron chi connectivity index (χ1n) is 4.37. The lowest BCUT2D eigenvalue weighted by Gasteiger charge is -2.25. The fourth-order valence-electron chi connectivity index (χ4n) is 2.05. The summed E-state index contributed by atoms with van der Waals surface area (Å²) >= 11 is 4.95. The van der Waals surface area contributed by atoms with Crippen molar-refractivity contribution in [1.82, 2.24) is 10.6 Å². The van der Waals surface area contributed by atoms with Crippen molar-refractivity contribution < 1.29 is 4.92 Å². The fraction of sp³-hybridized carbons (Fsp3) is 0.857. The van der Waals surface area contributed by atoms with Crippen molar-refractivity contribution >= 4 is 17.3 Å². The molecule has 0 aromatic heterocycles. The molecular formula is C7H11N3O2S. The first kappa shape index (κ1) is 8.68. The van der Waals surface area contributed by atoms with Gasteiger partial charge in [0.15, 0.2) is 5.11 Å². The number of nitrogens with zero attached hydrogens (tertiary/aromatic N) is 1. The summed E-state index contributed by atoms with van der Waals surface area (Å²) in [6.07, 6.45) is 2.08. The number of thiocarbonyl (C=S) groups is 1. The monoisotopic (exact) mass is 201 g/mol. The Balaban J connectivity index is 2.01. The first-order chi connectivity index (χ1) is 6.16. The highest BCUT2D eigenvalue weighted by molar-refractivity contribution is 7.80. The molecule has 0 aromatic carbocycles. The maximum Gasteiger partial charge on any atom is 0.215 e. The molecule has 1 aliphatic heterocycles. The van der Waals surface area contributed by atoms with E-state index in [1.54, 1.807) is 0 Å². The Morgan fingerprint density at radius 3 is 2.77 bits per heavy atom. The summed E-state index contributed by atoms with van der Waals surface area (Å²) in [6.45, 7) is 0. The Kier molecular flexibility index (Phi) is 2.07. The van der Waals surface area contributed by atoms with Crippen LogP contribution in [-0.2, 0) is 0 Å². The predicted molar refractivity (Wildman–Crippen MR) is 51.1 cm³/mol. The lowest BCUT2D eigenvalue weighted by molar-refractivity contribution is -0.527. The number of hydrogen-bond donors (Lipinski definition) is 2. The molecule has 1 saturated carbocycles. The molecule has 1 heterocycles. The van der Waals surface area contributed by atoms with E-state index in [1.165, 1.54) is 0 Å². The molecule has 0 radical (unpaired) electrons. The minimum Gasteiger partial charge on any atom is -0.358 e. The number of fused-ring (bicyclic) bond motifs is 1. The van der Waals surface area contributed by atoms with Crippen LogP contribution in [0.2, 0.25) is 0 Å². The van der Waals surface area contributed by atoms with Crippen molar-refractivity contribution in [2.24, 2.45) is 0 Å². The maximum atomic E-state index is 10.5. The molecule has 3 unspecified atom stereocenters. The molecule has 2 fully saturated rings.